The fourth-order valence-corrected chi connectivity index (χ4v) is 1.43. The number of amides is 1. The molecule has 0 atom stereocenters. The maximum absolute atomic E-state index is 11.2. The van der Waals surface area contributed by atoms with Crippen molar-refractivity contribution in [1.29, 1.82) is 0 Å². The molecule has 4 nitrogen and oxygen atoms in total. The molecular formula is C12H11N3OS. The van der Waals surface area contributed by atoms with Gasteiger partial charge in [0.2, 0.25) is 11.9 Å². The van der Waals surface area contributed by atoms with E-state index in [1.807, 2.05) is 30.3 Å². The molecule has 2 rings (SSSR count). The lowest BCUT2D eigenvalue weighted by molar-refractivity contribution is -0.113. The first-order chi connectivity index (χ1) is 8.29. The quantitative estimate of drug-likeness (QED) is 0.813. The Morgan fingerprint density at radius 3 is 2.71 bits per heavy atom. The van der Waals surface area contributed by atoms with E-state index >= 15 is 0 Å². The van der Waals surface area contributed by atoms with E-state index < -0.39 is 0 Å². The van der Waals surface area contributed by atoms with E-state index in [0.29, 0.717) is 5.95 Å². The zero-order valence-corrected chi connectivity index (χ0v) is 9.89. The molecule has 0 bridgehead atoms. The maximum atomic E-state index is 11.2. The molecule has 1 N–H and O–H groups in total. The molecule has 1 heterocycles. The molecule has 1 aromatic carbocycles. The van der Waals surface area contributed by atoms with Gasteiger partial charge in [-0.15, -0.1) is 0 Å². The Balaban J connectivity index is 2.26. The van der Waals surface area contributed by atoms with Crippen molar-refractivity contribution in [3.05, 3.63) is 42.6 Å². The van der Waals surface area contributed by atoms with Crippen LogP contribution in [0.4, 0.5) is 5.95 Å². The predicted octanol–water partition coefficient (Wildman–Crippen LogP) is 2.01. The van der Waals surface area contributed by atoms with E-state index in [9.17, 15) is 4.79 Å². The summed E-state index contributed by atoms with van der Waals surface area (Å²) in [5, 5.41) is 2.56. The lowest BCUT2D eigenvalue weighted by Crippen LogP contribution is -2.14. The zero-order valence-electron chi connectivity index (χ0n) is 9.00. The van der Waals surface area contributed by atoms with Crippen LogP contribution < -0.4 is 5.32 Å². The van der Waals surface area contributed by atoms with Crippen LogP contribution in [-0.2, 0) is 4.79 Å². The highest BCUT2D eigenvalue weighted by molar-refractivity contribution is 7.81. The summed E-state index contributed by atoms with van der Waals surface area (Å²) >= 11 is 3.87. The summed E-state index contributed by atoms with van der Waals surface area (Å²) in [4.78, 5) is 19.4. The monoisotopic (exact) mass is 245 g/mol. The van der Waals surface area contributed by atoms with E-state index in [1.165, 1.54) is 0 Å². The first-order valence-corrected chi connectivity index (χ1v) is 5.72. The Bertz CT molecular complexity index is 516. The molecular weight excluding hydrogens is 234 g/mol. The number of hydrogen-bond donors (Lipinski definition) is 2. The Morgan fingerprint density at radius 2 is 2.00 bits per heavy atom. The summed E-state index contributed by atoms with van der Waals surface area (Å²) < 4.78 is 0. The average molecular weight is 245 g/mol. The topological polar surface area (TPSA) is 54.9 Å². The van der Waals surface area contributed by atoms with Gasteiger partial charge in [0.25, 0.3) is 0 Å². The Hall–Kier alpha value is -1.88. The molecule has 0 saturated heterocycles. The molecule has 0 aliphatic heterocycles. The highest BCUT2D eigenvalue weighted by Crippen LogP contribution is 2.16. The Kier molecular flexibility index (Phi) is 3.72. The molecule has 17 heavy (non-hydrogen) atoms. The molecule has 0 aliphatic carbocycles. The van der Waals surface area contributed by atoms with Crippen molar-refractivity contribution in [3.8, 4) is 11.3 Å². The molecule has 0 saturated carbocycles. The van der Waals surface area contributed by atoms with Gasteiger partial charge in [-0.3, -0.25) is 10.1 Å². The van der Waals surface area contributed by atoms with Crippen molar-refractivity contribution >= 4 is 24.5 Å². The zero-order chi connectivity index (χ0) is 12.1. The van der Waals surface area contributed by atoms with Gasteiger partial charge in [0.05, 0.1) is 11.4 Å². The molecule has 0 aliphatic rings. The number of carbonyl (C=O) groups is 1. The minimum atomic E-state index is -0.224. The highest BCUT2D eigenvalue weighted by atomic mass is 32.1. The molecule has 5 heteroatoms. The van der Waals surface area contributed by atoms with E-state index in [4.69, 9.17) is 0 Å². The summed E-state index contributed by atoms with van der Waals surface area (Å²) in [5.41, 5.74) is 1.76. The first-order valence-electron chi connectivity index (χ1n) is 5.09. The van der Waals surface area contributed by atoms with Crippen LogP contribution in [0.25, 0.3) is 11.3 Å². The second kappa shape index (κ2) is 5.45. The van der Waals surface area contributed by atoms with E-state index in [-0.39, 0.29) is 11.7 Å². The number of carbonyl (C=O) groups excluding carboxylic acids is 1. The van der Waals surface area contributed by atoms with Gasteiger partial charge < -0.3 is 0 Å². The standard InChI is InChI=1S/C12H11N3OS/c16-11(8-17)15-12-13-7-6-10(14-12)9-4-2-1-3-5-9/h1-7,17H,8H2,(H,13,14,15,16). The van der Waals surface area contributed by atoms with Gasteiger partial charge in [0.1, 0.15) is 0 Å². The number of nitrogens with one attached hydrogen (secondary N) is 1. The lowest BCUT2D eigenvalue weighted by Gasteiger charge is -2.04. The van der Waals surface area contributed by atoms with Crippen LogP contribution in [0.15, 0.2) is 42.6 Å². The molecule has 2 aromatic rings. The molecule has 0 radical (unpaired) electrons. The van der Waals surface area contributed by atoms with E-state index in [2.05, 4.69) is 27.9 Å². The average Bonchev–Trinajstić information content (AvgIpc) is 2.40. The number of anilines is 1. The van der Waals surface area contributed by atoms with E-state index in [0.717, 1.165) is 11.3 Å². The van der Waals surface area contributed by atoms with Crippen molar-refractivity contribution in [2.24, 2.45) is 0 Å². The molecule has 0 fully saturated rings. The number of aromatic nitrogens is 2. The van der Waals surface area contributed by atoms with Gasteiger partial charge in [-0.2, -0.15) is 12.6 Å². The van der Waals surface area contributed by atoms with Crippen LogP contribution in [0.5, 0.6) is 0 Å². The molecule has 1 aromatic heterocycles. The van der Waals surface area contributed by atoms with Crippen molar-refractivity contribution in [2.75, 3.05) is 11.1 Å². The van der Waals surface area contributed by atoms with Crippen LogP contribution in [0.1, 0.15) is 0 Å². The highest BCUT2D eigenvalue weighted by Gasteiger charge is 2.04. The van der Waals surface area contributed by atoms with Gasteiger partial charge in [-0.05, 0) is 6.07 Å². The first kappa shape index (κ1) is 11.6. The van der Waals surface area contributed by atoms with Crippen molar-refractivity contribution in [2.45, 2.75) is 0 Å². The number of nitrogens with zero attached hydrogens (tertiary/aromatic N) is 2. The van der Waals surface area contributed by atoms with Gasteiger partial charge >= 0.3 is 0 Å². The third-order valence-electron chi connectivity index (χ3n) is 2.12. The molecule has 0 spiro atoms. The van der Waals surface area contributed by atoms with Crippen molar-refractivity contribution in [1.82, 2.24) is 9.97 Å². The van der Waals surface area contributed by atoms with Gasteiger partial charge in [-0.1, -0.05) is 30.3 Å². The predicted molar refractivity (Wildman–Crippen MR) is 70.0 cm³/mol. The normalized spacial score (nSPS) is 9.94. The van der Waals surface area contributed by atoms with Gasteiger partial charge in [-0.25, -0.2) is 9.97 Å². The largest absolute Gasteiger partial charge is 0.294 e. The fourth-order valence-electron chi connectivity index (χ4n) is 1.35. The Morgan fingerprint density at radius 1 is 1.24 bits per heavy atom. The second-order valence-electron chi connectivity index (χ2n) is 3.34. The SMILES string of the molecule is O=C(CS)Nc1nccc(-c2ccccc2)n1. The number of benzene rings is 1. The number of thiol groups is 1. The molecule has 0 unspecified atom stereocenters. The second-order valence-corrected chi connectivity index (χ2v) is 3.65. The third kappa shape index (κ3) is 3.04. The summed E-state index contributed by atoms with van der Waals surface area (Å²) in [6, 6.07) is 11.5. The smallest absolute Gasteiger partial charge is 0.236 e. The third-order valence-corrected chi connectivity index (χ3v) is 2.41. The van der Waals surface area contributed by atoms with Gasteiger partial charge in [0.15, 0.2) is 0 Å². The van der Waals surface area contributed by atoms with Crippen LogP contribution in [-0.4, -0.2) is 21.6 Å². The Labute approximate surface area is 105 Å². The molecule has 1 amide bonds. The van der Waals surface area contributed by atoms with Gasteiger partial charge in [0, 0.05) is 11.8 Å². The van der Waals surface area contributed by atoms with Crippen molar-refractivity contribution in [3.63, 3.8) is 0 Å². The number of rotatable bonds is 3. The lowest BCUT2D eigenvalue weighted by atomic mass is 10.1. The number of hydrogen-bond acceptors (Lipinski definition) is 4. The van der Waals surface area contributed by atoms with Crippen LogP contribution in [0.2, 0.25) is 0 Å². The van der Waals surface area contributed by atoms with Crippen LogP contribution >= 0.6 is 12.6 Å². The minimum Gasteiger partial charge on any atom is -0.294 e. The molecule has 86 valence electrons. The van der Waals surface area contributed by atoms with Crippen LogP contribution in [0.3, 0.4) is 0 Å². The van der Waals surface area contributed by atoms with Crippen LogP contribution in [0, 0.1) is 0 Å². The fraction of sp³-hybridized carbons (Fsp3) is 0.0833. The maximum Gasteiger partial charge on any atom is 0.236 e. The summed E-state index contributed by atoms with van der Waals surface area (Å²) in [7, 11) is 0. The van der Waals surface area contributed by atoms with E-state index in [1.54, 1.807) is 12.3 Å². The summed E-state index contributed by atoms with van der Waals surface area (Å²) in [6.45, 7) is 0. The minimum absolute atomic E-state index is 0.110. The summed E-state index contributed by atoms with van der Waals surface area (Å²) in [5.74, 6) is 0.183. The van der Waals surface area contributed by atoms with Crippen molar-refractivity contribution < 1.29 is 4.79 Å². The summed E-state index contributed by atoms with van der Waals surface area (Å²) in [6.07, 6.45) is 1.61.